The van der Waals surface area contributed by atoms with Crippen LogP contribution in [0.25, 0.3) is 5.69 Å². The lowest BCUT2D eigenvalue weighted by atomic mass is 9.96. The van der Waals surface area contributed by atoms with Crippen LogP contribution >= 0.6 is 0 Å². The maximum atomic E-state index is 13.2. The van der Waals surface area contributed by atoms with Crippen molar-refractivity contribution in [2.75, 3.05) is 26.7 Å². The van der Waals surface area contributed by atoms with E-state index in [1.807, 2.05) is 0 Å². The van der Waals surface area contributed by atoms with Crippen LogP contribution < -0.4 is 10.1 Å². The fourth-order valence-electron chi connectivity index (χ4n) is 3.85. The van der Waals surface area contributed by atoms with Gasteiger partial charge in [0.25, 0.3) is 5.91 Å². The highest BCUT2D eigenvalue weighted by molar-refractivity contribution is 5.95. The quantitative estimate of drug-likeness (QED) is 0.733. The first-order valence-electron chi connectivity index (χ1n) is 10.6. The lowest BCUT2D eigenvalue weighted by molar-refractivity contribution is -0.137. The van der Waals surface area contributed by atoms with Crippen molar-refractivity contribution in [3.05, 3.63) is 41.7 Å². The molecule has 0 spiro atoms. The average Bonchev–Trinajstić information content (AvgIpc) is 3.52. The van der Waals surface area contributed by atoms with Crippen LogP contribution in [0.5, 0.6) is 5.75 Å². The van der Waals surface area contributed by atoms with E-state index in [4.69, 9.17) is 4.74 Å². The first-order valence-corrected chi connectivity index (χ1v) is 10.6. The van der Waals surface area contributed by atoms with Gasteiger partial charge < -0.3 is 15.0 Å². The molecule has 1 saturated carbocycles. The Labute approximate surface area is 183 Å². The summed E-state index contributed by atoms with van der Waals surface area (Å²) in [4.78, 5) is 27.2. The predicted octanol–water partition coefficient (Wildman–Crippen LogP) is 3.28. The summed E-state index contributed by atoms with van der Waals surface area (Å²) in [7, 11) is 1.37. The van der Waals surface area contributed by atoms with Gasteiger partial charge in [0, 0.05) is 19.6 Å². The topological polar surface area (TPSA) is 76.5 Å². The van der Waals surface area contributed by atoms with Gasteiger partial charge in [0.1, 0.15) is 0 Å². The molecule has 2 aliphatic rings. The highest BCUT2D eigenvalue weighted by Gasteiger charge is 2.33. The van der Waals surface area contributed by atoms with Gasteiger partial charge in [0.15, 0.2) is 11.4 Å². The van der Waals surface area contributed by atoms with Crippen molar-refractivity contribution in [1.29, 1.82) is 0 Å². The second kappa shape index (κ2) is 8.84. The van der Waals surface area contributed by atoms with Crippen molar-refractivity contribution in [3.63, 3.8) is 0 Å². The number of ether oxygens (including phenoxy) is 1. The standard InChI is InChI=1S/C22H25F3N4O3/c1-32-18-13-29(17-6-2-5-16(10-17)22(23,24)25)27-19(18)21(31)28-9-3-4-15(12-28)20(30)26-11-14-7-8-14/h2,5-6,10,13-15H,3-4,7-9,11-12H2,1H3,(H,26,30). The van der Waals surface area contributed by atoms with Gasteiger partial charge in [-0.05, 0) is 49.8 Å². The van der Waals surface area contributed by atoms with Crippen LogP contribution in [0.1, 0.15) is 41.7 Å². The molecule has 1 N–H and O–H groups in total. The number of halogens is 3. The number of carbonyl (C=O) groups excluding carboxylic acids is 2. The second-order valence-electron chi connectivity index (χ2n) is 8.32. The minimum Gasteiger partial charge on any atom is -0.493 e. The largest absolute Gasteiger partial charge is 0.493 e. The first-order chi connectivity index (χ1) is 15.3. The number of nitrogens with one attached hydrogen (secondary N) is 1. The van der Waals surface area contributed by atoms with Crippen LogP contribution in [-0.2, 0) is 11.0 Å². The molecular weight excluding hydrogens is 425 g/mol. The predicted molar refractivity (Wildman–Crippen MR) is 109 cm³/mol. The number of rotatable bonds is 6. The van der Waals surface area contributed by atoms with Crippen LogP contribution in [0.4, 0.5) is 13.2 Å². The second-order valence-corrected chi connectivity index (χ2v) is 8.32. The highest BCUT2D eigenvalue weighted by Crippen LogP contribution is 2.31. The van der Waals surface area contributed by atoms with E-state index in [-0.39, 0.29) is 35.5 Å². The SMILES string of the molecule is COc1cn(-c2cccc(C(F)(F)F)c2)nc1C(=O)N1CCCC(C(=O)NCC2CC2)C1. The summed E-state index contributed by atoms with van der Waals surface area (Å²) in [5.74, 6) is -0.0109. The number of hydrogen-bond donors (Lipinski definition) is 1. The molecule has 4 rings (SSSR count). The molecule has 1 saturated heterocycles. The van der Waals surface area contributed by atoms with Gasteiger partial charge in [-0.2, -0.15) is 18.3 Å². The Kier molecular flexibility index (Phi) is 6.12. The molecule has 1 aromatic heterocycles. The minimum absolute atomic E-state index is 0.00366. The Bertz CT molecular complexity index is 1000. The van der Waals surface area contributed by atoms with E-state index in [0.29, 0.717) is 31.8 Å². The number of benzene rings is 1. The maximum Gasteiger partial charge on any atom is 0.416 e. The van der Waals surface area contributed by atoms with Gasteiger partial charge in [-0.3, -0.25) is 9.59 Å². The third-order valence-electron chi connectivity index (χ3n) is 5.88. The summed E-state index contributed by atoms with van der Waals surface area (Å²) in [6, 6.07) is 4.68. The zero-order valence-electron chi connectivity index (χ0n) is 17.7. The fraction of sp³-hybridized carbons (Fsp3) is 0.500. The van der Waals surface area contributed by atoms with Gasteiger partial charge in [0.2, 0.25) is 5.91 Å². The van der Waals surface area contributed by atoms with Crippen molar-refractivity contribution >= 4 is 11.8 Å². The van der Waals surface area contributed by atoms with Crippen molar-refractivity contribution in [1.82, 2.24) is 20.0 Å². The normalized spacial score (nSPS) is 19.0. The van der Waals surface area contributed by atoms with Gasteiger partial charge >= 0.3 is 6.18 Å². The number of likely N-dealkylation sites (tertiary alicyclic amines) is 1. The molecule has 1 aromatic carbocycles. The summed E-state index contributed by atoms with van der Waals surface area (Å²) >= 11 is 0. The monoisotopic (exact) mass is 450 g/mol. The molecule has 2 fully saturated rings. The molecule has 2 heterocycles. The number of aromatic nitrogens is 2. The van der Waals surface area contributed by atoms with Crippen LogP contribution in [0.15, 0.2) is 30.5 Å². The summed E-state index contributed by atoms with van der Waals surface area (Å²) < 4.78 is 45.7. The van der Waals surface area contributed by atoms with Crippen LogP contribution in [0, 0.1) is 11.8 Å². The van der Waals surface area contributed by atoms with Gasteiger partial charge in [-0.25, -0.2) is 4.68 Å². The molecular formula is C22H25F3N4O3. The van der Waals surface area contributed by atoms with E-state index in [1.54, 1.807) is 4.90 Å². The molecule has 1 unspecified atom stereocenters. The smallest absolute Gasteiger partial charge is 0.416 e. The lowest BCUT2D eigenvalue weighted by Crippen LogP contribution is -2.46. The Hall–Kier alpha value is -3.04. The number of hydrogen-bond acceptors (Lipinski definition) is 4. The highest BCUT2D eigenvalue weighted by atomic mass is 19.4. The Morgan fingerprint density at radius 1 is 1.25 bits per heavy atom. The summed E-state index contributed by atoms with van der Waals surface area (Å²) in [6.07, 6.45) is 0.565. The number of amides is 2. The minimum atomic E-state index is -4.49. The molecule has 7 nitrogen and oxygen atoms in total. The van der Waals surface area contributed by atoms with Gasteiger partial charge in [-0.1, -0.05) is 6.07 Å². The van der Waals surface area contributed by atoms with Crippen LogP contribution in [-0.4, -0.2) is 53.2 Å². The van der Waals surface area contributed by atoms with E-state index < -0.39 is 17.6 Å². The van der Waals surface area contributed by atoms with Crippen molar-refractivity contribution in [3.8, 4) is 11.4 Å². The van der Waals surface area contributed by atoms with Gasteiger partial charge in [-0.15, -0.1) is 0 Å². The maximum absolute atomic E-state index is 13.2. The Morgan fingerprint density at radius 2 is 2.03 bits per heavy atom. The summed E-state index contributed by atoms with van der Waals surface area (Å²) in [5.41, 5.74) is -0.648. The van der Waals surface area contributed by atoms with E-state index in [9.17, 15) is 22.8 Å². The fourth-order valence-corrected chi connectivity index (χ4v) is 3.85. The number of carbonyl (C=O) groups is 2. The van der Waals surface area contributed by atoms with E-state index >= 15 is 0 Å². The zero-order valence-corrected chi connectivity index (χ0v) is 17.7. The van der Waals surface area contributed by atoms with E-state index in [2.05, 4.69) is 10.4 Å². The number of piperidine rings is 1. The molecule has 1 atom stereocenters. The lowest BCUT2D eigenvalue weighted by Gasteiger charge is -2.31. The molecule has 172 valence electrons. The van der Waals surface area contributed by atoms with Crippen molar-refractivity contribution in [2.45, 2.75) is 31.9 Å². The Balaban J connectivity index is 1.51. The molecule has 2 amide bonds. The summed E-state index contributed by atoms with van der Waals surface area (Å²) in [5, 5.41) is 7.19. The number of methoxy groups -OCH3 is 1. The molecule has 10 heteroatoms. The molecule has 32 heavy (non-hydrogen) atoms. The molecule has 1 aliphatic heterocycles. The zero-order chi connectivity index (χ0) is 22.9. The van der Waals surface area contributed by atoms with E-state index in [0.717, 1.165) is 25.0 Å². The Morgan fingerprint density at radius 3 is 2.72 bits per heavy atom. The third-order valence-corrected chi connectivity index (χ3v) is 5.88. The van der Waals surface area contributed by atoms with Crippen molar-refractivity contribution in [2.24, 2.45) is 11.8 Å². The van der Waals surface area contributed by atoms with Crippen LogP contribution in [0.3, 0.4) is 0 Å². The third kappa shape index (κ3) is 4.89. The van der Waals surface area contributed by atoms with E-state index in [1.165, 1.54) is 30.1 Å². The number of nitrogens with zero attached hydrogens (tertiary/aromatic N) is 3. The number of alkyl halides is 3. The average molecular weight is 450 g/mol. The van der Waals surface area contributed by atoms with Crippen LogP contribution in [0.2, 0.25) is 0 Å². The first kappa shape index (κ1) is 22.2. The molecule has 1 aliphatic carbocycles. The van der Waals surface area contributed by atoms with Crippen molar-refractivity contribution < 1.29 is 27.5 Å². The van der Waals surface area contributed by atoms with Gasteiger partial charge in [0.05, 0.1) is 30.5 Å². The molecule has 0 radical (unpaired) electrons. The molecule has 0 bridgehead atoms. The summed E-state index contributed by atoms with van der Waals surface area (Å²) in [6.45, 7) is 1.43. The molecule has 2 aromatic rings.